The van der Waals surface area contributed by atoms with E-state index in [1.165, 1.54) is 25.7 Å². The second-order valence-electron chi connectivity index (χ2n) is 6.11. The summed E-state index contributed by atoms with van der Waals surface area (Å²) in [6.07, 6.45) is 6.12. The largest absolute Gasteiger partial charge is 0.494 e. The van der Waals surface area contributed by atoms with Crippen LogP contribution in [0, 0.1) is 6.92 Å². The molecule has 1 N–H and O–H groups in total. The Morgan fingerprint density at radius 1 is 1.00 bits per heavy atom. The van der Waals surface area contributed by atoms with Gasteiger partial charge in [0.05, 0.1) is 6.61 Å². The lowest BCUT2D eigenvalue weighted by molar-refractivity contribution is 0.102. The van der Waals surface area contributed by atoms with Crippen molar-refractivity contribution in [1.29, 1.82) is 0 Å². The van der Waals surface area contributed by atoms with E-state index in [9.17, 15) is 4.79 Å². The summed E-state index contributed by atoms with van der Waals surface area (Å²) in [5.41, 5.74) is 2.56. The number of hydrogen-bond donors (Lipinski definition) is 1. The van der Waals surface area contributed by atoms with Gasteiger partial charge in [-0.25, -0.2) is 0 Å². The van der Waals surface area contributed by atoms with E-state index in [2.05, 4.69) is 12.2 Å². The van der Waals surface area contributed by atoms with E-state index in [0.717, 1.165) is 30.0 Å². The molecule has 0 saturated carbocycles. The Morgan fingerprint density at radius 2 is 1.75 bits per heavy atom. The van der Waals surface area contributed by atoms with Crippen molar-refractivity contribution in [2.75, 3.05) is 11.9 Å². The maximum absolute atomic E-state index is 12.2. The molecule has 0 heterocycles. The van der Waals surface area contributed by atoms with E-state index in [0.29, 0.717) is 5.56 Å². The van der Waals surface area contributed by atoms with E-state index in [1.54, 1.807) is 12.1 Å². The van der Waals surface area contributed by atoms with Crippen LogP contribution < -0.4 is 10.1 Å². The fourth-order valence-corrected chi connectivity index (χ4v) is 2.52. The molecule has 2 aromatic rings. The molecule has 3 nitrogen and oxygen atoms in total. The smallest absolute Gasteiger partial charge is 0.255 e. The molecule has 24 heavy (non-hydrogen) atoms. The number of carbonyl (C=O) groups excluding carboxylic acids is 1. The second-order valence-corrected chi connectivity index (χ2v) is 6.11. The molecule has 0 radical (unpaired) electrons. The zero-order valence-corrected chi connectivity index (χ0v) is 14.7. The molecule has 2 rings (SSSR count). The lowest BCUT2D eigenvalue weighted by Crippen LogP contribution is -2.11. The Kier molecular flexibility index (Phi) is 7.34. The first kappa shape index (κ1) is 18.1. The first-order valence-electron chi connectivity index (χ1n) is 8.80. The first-order chi connectivity index (χ1) is 11.7. The minimum absolute atomic E-state index is 0.105. The van der Waals surface area contributed by atoms with Gasteiger partial charge in [-0.15, -0.1) is 0 Å². The van der Waals surface area contributed by atoms with Crippen LogP contribution in [0.4, 0.5) is 5.69 Å². The molecular formula is C21H27NO2. The van der Waals surface area contributed by atoms with Crippen molar-refractivity contribution in [2.45, 2.75) is 46.0 Å². The number of hydrogen-bond acceptors (Lipinski definition) is 2. The molecule has 1 amide bonds. The summed E-state index contributed by atoms with van der Waals surface area (Å²) in [5.74, 6) is 0.712. The van der Waals surface area contributed by atoms with Crippen molar-refractivity contribution in [3.05, 3.63) is 59.7 Å². The highest BCUT2D eigenvalue weighted by Crippen LogP contribution is 2.15. The van der Waals surface area contributed by atoms with Crippen molar-refractivity contribution >= 4 is 11.6 Å². The van der Waals surface area contributed by atoms with Gasteiger partial charge in [-0.05, 0) is 55.3 Å². The van der Waals surface area contributed by atoms with Gasteiger partial charge in [-0.2, -0.15) is 0 Å². The van der Waals surface area contributed by atoms with Gasteiger partial charge in [-0.1, -0.05) is 44.7 Å². The number of aryl methyl sites for hydroxylation is 1. The van der Waals surface area contributed by atoms with E-state index in [4.69, 9.17) is 4.74 Å². The second kappa shape index (κ2) is 9.76. The van der Waals surface area contributed by atoms with Crippen molar-refractivity contribution in [2.24, 2.45) is 0 Å². The van der Waals surface area contributed by atoms with Gasteiger partial charge in [0.25, 0.3) is 5.91 Å². The summed E-state index contributed by atoms with van der Waals surface area (Å²) in [5, 5.41) is 2.91. The van der Waals surface area contributed by atoms with Crippen molar-refractivity contribution in [3.63, 3.8) is 0 Å². The van der Waals surface area contributed by atoms with Crippen LogP contribution in [0.2, 0.25) is 0 Å². The third-order valence-corrected chi connectivity index (χ3v) is 3.91. The third-order valence-electron chi connectivity index (χ3n) is 3.91. The van der Waals surface area contributed by atoms with Gasteiger partial charge in [0, 0.05) is 11.3 Å². The van der Waals surface area contributed by atoms with Gasteiger partial charge >= 0.3 is 0 Å². The molecule has 0 unspecified atom stereocenters. The molecule has 0 aliphatic heterocycles. The van der Waals surface area contributed by atoms with Gasteiger partial charge < -0.3 is 10.1 Å². The molecule has 0 aromatic heterocycles. The Labute approximate surface area is 145 Å². The minimum Gasteiger partial charge on any atom is -0.494 e. The summed E-state index contributed by atoms with van der Waals surface area (Å²) >= 11 is 0. The van der Waals surface area contributed by atoms with Crippen LogP contribution in [-0.4, -0.2) is 12.5 Å². The zero-order chi connectivity index (χ0) is 17.2. The Morgan fingerprint density at radius 3 is 2.46 bits per heavy atom. The number of ether oxygens (including phenoxy) is 1. The molecule has 0 spiro atoms. The Hall–Kier alpha value is -2.29. The van der Waals surface area contributed by atoms with Crippen LogP contribution in [-0.2, 0) is 0 Å². The summed E-state index contributed by atoms with van der Waals surface area (Å²) < 4.78 is 5.72. The number of rotatable bonds is 9. The molecule has 0 fully saturated rings. The highest BCUT2D eigenvalue weighted by atomic mass is 16.5. The topological polar surface area (TPSA) is 38.3 Å². The summed E-state index contributed by atoms with van der Waals surface area (Å²) in [6, 6.07) is 15.1. The monoisotopic (exact) mass is 325 g/mol. The van der Waals surface area contributed by atoms with Crippen molar-refractivity contribution in [3.8, 4) is 5.75 Å². The summed E-state index contributed by atoms with van der Waals surface area (Å²) in [4.78, 5) is 12.2. The lowest BCUT2D eigenvalue weighted by Gasteiger charge is -2.08. The maximum atomic E-state index is 12.2. The average molecular weight is 325 g/mol. The van der Waals surface area contributed by atoms with Crippen molar-refractivity contribution in [1.82, 2.24) is 0 Å². The van der Waals surface area contributed by atoms with E-state index in [1.807, 2.05) is 43.3 Å². The quantitative estimate of drug-likeness (QED) is 0.610. The van der Waals surface area contributed by atoms with Gasteiger partial charge in [0.2, 0.25) is 0 Å². The normalized spacial score (nSPS) is 10.4. The van der Waals surface area contributed by atoms with Crippen LogP contribution in [0.25, 0.3) is 0 Å². The van der Waals surface area contributed by atoms with Gasteiger partial charge in [0.15, 0.2) is 0 Å². The van der Waals surface area contributed by atoms with Crippen LogP contribution in [0.15, 0.2) is 48.5 Å². The fourth-order valence-electron chi connectivity index (χ4n) is 2.52. The summed E-state index contributed by atoms with van der Waals surface area (Å²) in [7, 11) is 0. The summed E-state index contributed by atoms with van der Waals surface area (Å²) in [6.45, 7) is 4.95. The molecule has 3 heteroatoms. The number of nitrogens with one attached hydrogen (secondary N) is 1. The highest BCUT2D eigenvalue weighted by Gasteiger charge is 2.06. The molecular weight excluding hydrogens is 298 g/mol. The number of benzene rings is 2. The molecule has 0 saturated heterocycles. The Bertz CT molecular complexity index is 635. The van der Waals surface area contributed by atoms with Crippen molar-refractivity contribution < 1.29 is 9.53 Å². The number of unbranched alkanes of at least 4 members (excludes halogenated alkanes) is 4. The van der Waals surface area contributed by atoms with E-state index < -0.39 is 0 Å². The predicted octanol–water partition coefficient (Wildman–Crippen LogP) is 5.60. The third kappa shape index (κ3) is 6.07. The fraction of sp³-hybridized carbons (Fsp3) is 0.381. The van der Waals surface area contributed by atoms with E-state index >= 15 is 0 Å². The zero-order valence-electron chi connectivity index (χ0n) is 14.7. The van der Waals surface area contributed by atoms with Crippen LogP contribution in [0.5, 0.6) is 5.75 Å². The lowest BCUT2D eigenvalue weighted by atomic mass is 10.1. The number of anilines is 1. The maximum Gasteiger partial charge on any atom is 0.255 e. The standard InChI is InChI=1S/C21H27NO2/c1-3-4-5-6-7-15-24-20-13-11-18(12-14-20)21(23)22-19-10-8-9-17(2)16-19/h8-14,16H,3-7,15H2,1-2H3,(H,22,23). The average Bonchev–Trinajstić information content (AvgIpc) is 2.58. The number of carbonyl (C=O) groups is 1. The minimum atomic E-state index is -0.105. The molecule has 0 atom stereocenters. The molecule has 0 aliphatic rings. The SMILES string of the molecule is CCCCCCCOc1ccc(C(=O)Nc2cccc(C)c2)cc1. The molecule has 2 aromatic carbocycles. The van der Waals surface area contributed by atoms with Gasteiger partial charge in [0.1, 0.15) is 5.75 Å². The number of amides is 1. The van der Waals surface area contributed by atoms with Gasteiger partial charge in [-0.3, -0.25) is 4.79 Å². The highest BCUT2D eigenvalue weighted by molar-refractivity contribution is 6.04. The van der Waals surface area contributed by atoms with Crippen LogP contribution in [0.3, 0.4) is 0 Å². The van der Waals surface area contributed by atoms with Crippen LogP contribution in [0.1, 0.15) is 54.9 Å². The Balaban J connectivity index is 1.79. The molecule has 0 aliphatic carbocycles. The van der Waals surface area contributed by atoms with E-state index in [-0.39, 0.29) is 5.91 Å². The predicted molar refractivity (Wildman–Crippen MR) is 99.8 cm³/mol. The molecule has 128 valence electrons. The first-order valence-corrected chi connectivity index (χ1v) is 8.80. The van der Waals surface area contributed by atoms with Crippen LogP contribution >= 0.6 is 0 Å². The molecule has 0 bridgehead atoms.